The number of fused-ring (bicyclic) bond motifs is 1. The van der Waals surface area contributed by atoms with Crippen molar-refractivity contribution in [2.75, 3.05) is 0 Å². The van der Waals surface area contributed by atoms with E-state index in [0.717, 1.165) is 24.2 Å². The molecule has 4 aromatic rings. The maximum atomic E-state index is 6.00. The highest BCUT2D eigenvalue weighted by atomic mass is 16.3. The van der Waals surface area contributed by atoms with E-state index in [-0.39, 0.29) is 0 Å². The van der Waals surface area contributed by atoms with Crippen molar-refractivity contribution < 1.29 is 4.42 Å². The van der Waals surface area contributed by atoms with E-state index in [1.807, 2.05) is 0 Å². The van der Waals surface area contributed by atoms with Gasteiger partial charge in [0.2, 0.25) is 0 Å². The molecule has 0 unspecified atom stereocenters. The van der Waals surface area contributed by atoms with Crippen molar-refractivity contribution >= 4 is 11.0 Å². The van der Waals surface area contributed by atoms with Gasteiger partial charge in [-0.3, -0.25) is 0 Å². The van der Waals surface area contributed by atoms with Crippen LogP contribution in [0.5, 0.6) is 0 Å². The molecular weight excluding hydrogens is 292 g/mol. The molecule has 1 aromatic heterocycles. The topological polar surface area (TPSA) is 13.1 Å². The van der Waals surface area contributed by atoms with Gasteiger partial charge in [0.25, 0.3) is 0 Å². The molecule has 0 aliphatic carbocycles. The zero-order valence-electron chi connectivity index (χ0n) is 13.8. The Labute approximate surface area is 142 Å². The Morgan fingerprint density at radius 1 is 0.708 bits per heavy atom. The summed E-state index contributed by atoms with van der Waals surface area (Å²) in [6.45, 7) is 2.11. The minimum Gasteiger partial charge on any atom is -0.461 e. The van der Waals surface area contributed by atoms with Gasteiger partial charge in [-0.15, -0.1) is 0 Å². The minimum absolute atomic E-state index is 0.929. The van der Waals surface area contributed by atoms with Gasteiger partial charge in [-0.1, -0.05) is 66.2 Å². The molecule has 0 fully saturated rings. The summed E-state index contributed by atoms with van der Waals surface area (Å²) in [5.74, 6) is 1.05. The fourth-order valence-corrected chi connectivity index (χ4v) is 3.06. The molecule has 0 N–H and O–H groups in total. The summed E-state index contributed by atoms with van der Waals surface area (Å²) in [5.41, 5.74) is 6.08. The summed E-state index contributed by atoms with van der Waals surface area (Å²) in [4.78, 5) is 0. The first-order chi connectivity index (χ1) is 11.8. The summed E-state index contributed by atoms with van der Waals surface area (Å²) >= 11 is 0. The van der Waals surface area contributed by atoms with E-state index in [1.165, 1.54) is 27.6 Å². The van der Waals surface area contributed by atoms with Gasteiger partial charge in [0, 0.05) is 11.8 Å². The highest BCUT2D eigenvalue weighted by molar-refractivity contribution is 5.84. The summed E-state index contributed by atoms with van der Waals surface area (Å²) in [7, 11) is 0. The van der Waals surface area contributed by atoms with Gasteiger partial charge in [-0.25, -0.2) is 0 Å². The van der Waals surface area contributed by atoms with Crippen molar-refractivity contribution in [1.82, 2.24) is 0 Å². The zero-order chi connectivity index (χ0) is 16.4. The van der Waals surface area contributed by atoms with Crippen molar-refractivity contribution in [2.45, 2.75) is 19.8 Å². The molecular formula is C23H20O. The maximum Gasteiger partial charge on any atom is 0.134 e. The molecule has 0 saturated carbocycles. The van der Waals surface area contributed by atoms with E-state index in [1.54, 1.807) is 0 Å². The van der Waals surface area contributed by atoms with Crippen LogP contribution >= 0.6 is 0 Å². The smallest absolute Gasteiger partial charge is 0.134 e. The van der Waals surface area contributed by atoms with Gasteiger partial charge in [0.1, 0.15) is 11.3 Å². The van der Waals surface area contributed by atoms with Gasteiger partial charge in [-0.05, 0) is 48.2 Å². The Bertz CT molecular complexity index is 946. The highest BCUT2D eigenvalue weighted by Gasteiger charge is 2.06. The van der Waals surface area contributed by atoms with Gasteiger partial charge in [0.05, 0.1) is 0 Å². The second kappa shape index (κ2) is 6.37. The summed E-state index contributed by atoms with van der Waals surface area (Å²) < 4.78 is 6.00. The number of rotatable bonds is 4. The van der Waals surface area contributed by atoms with Crippen molar-refractivity contribution in [1.29, 1.82) is 0 Å². The van der Waals surface area contributed by atoms with Crippen LogP contribution in [0.1, 0.15) is 16.9 Å². The largest absolute Gasteiger partial charge is 0.461 e. The van der Waals surface area contributed by atoms with E-state index < -0.39 is 0 Å². The van der Waals surface area contributed by atoms with Crippen molar-refractivity contribution in [3.05, 3.63) is 95.7 Å². The molecule has 1 nitrogen and oxygen atoms in total. The SMILES string of the molecule is Cc1ccc(-c2ccc3oc(CCc4ccccc4)cc3c2)cc1. The molecule has 0 radical (unpaired) electrons. The first-order valence-electron chi connectivity index (χ1n) is 8.41. The Morgan fingerprint density at radius 2 is 1.46 bits per heavy atom. The number of hydrogen-bond acceptors (Lipinski definition) is 1. The highest BCUT2D eigenvalue weighted by Crippen LogP contribution is 2.27. The van der Waals surface area contributed by atoms with E-state index in [9.17, 15) is 0 Å². The van der Waals surface area contributed by atoms with Crippen molar-refractivity contribution in [3.8, 4) is 11.1 Å². The average molecular weight is 312 g/mol. The number of hydrogen-bond donors (Lipinski definition) is 0. The average Bonchev–Trinajstić information content (AvgIpc) is 3.03. The molecule has 0 atom stereocenters. The molecule has 0 spiro atoms. The zero-order valence-corrected chi connectivity index (χ0v) is 13.8. The molecule has 3 aromatic carbocycles. The molecule has 4 rings (SSSR count). The molecule has 0 bridgehead atoms. The monoisotopic (exact) mass is 312 g/mol. The predicted octanol–water partition coefficient (Wildman–Crippen LogP) is 6.19. The summed E-state index contributed by atoms with van der Waals surface area (Å²) in [5, 5.41) is 1.18. The van der Waals surface area contributed by atoms with E-state index in [2.05, 4.69) is 85.8 Å². The Kier molecular flexibility index (Phi) is 3.92. The van der Waals surface area contributed by atoms with Crippen LogP contribution in [0.15, 0.2) is 83.3 Å². The van der Waals surface area contributed by atoms with Crippen LogP contribution in [0.3, 0.4) is 0 Å². The predicted molar refractivity (Wildman–Crippen MR) is 100 cm³/mol. The summed E-state index contributed by atoms with van der Waals surface area (Å²) in [6, 6.07) is 27.8. The molecule has 0 amide bonds. The van der Waals surface area contributed by atoms with Gasteiger partial charge >= 0.3 is 0 Å². The van der Waals surface area contributed by atoms with E-state index in [0.29, 0.717) is 0 Å². The van der Waals surface area contributed by atoms with E-state index in [4.69, 9.17) is 4.42 Å². The van der Waals surface area contributed by atoms with Crippen LogP contribution < -0.4 is 0 Å². The van der Waals surface area contributed by atoms with Gasteiger partial charge in [-0.2, -0.15) is 0 Å². The third kappa shape index (κ3) is 3.11. The van der Waals surface area contributed by atoms with Crippen molar-refractivity contribution in [2.24, 2.45) is 0 Å². The van der Waals surface area contributed by atoms with Crippen LogP contribution in [0, 0.1) is 6.92 Å². The molecule has 1 heterocycles. The normalized spacial score (nSPS) is 11.0. The van der Waals surface area contributed by atoms with Crippen LogP contribution in [0.4, 0.5) is 0 Å². The molecule has 0 saturated heterocycles. The number of benzene rings is 3. The number of aryl methyl sites for hydroxylation is 3. The molecule has 0 aliphatic rings. The molecule has 118 valence electrons. The van der Waals surface area contributed by atoms with Crippen LogP contribution in [-0.4, -0.2) is 0 Å². The number of furan rings is 1. The first kappa shape index (κ1) is 14.8. The molecule has 0 aliphatic heterocycles. The van der Waals surface area contributed by atoms with Gasteiger partial charge < -0.3 is 4.42 Å². The maximum absolute atomic E-state index is 6.00. The molecule has 1 heteroatoms. The van der Waals surface area contributed by atoms with E-state index >= 15 is 0 Å². The standard InChI is InChI=1S/C23H20O/c1-17-7-10-19(11-8-17)20-12-14-23-21(15-20)16-22(24-23)13-9-18-5-3-2-4-6-18/h2-8,10-12,14-16H,9,13H2,1H3. The van der Waals surface area contributed by atoms with Crippen LogP contribution in [0.2, 0.25) is 0 Å². The fraction of sp³-hybridized carbons (Fsp3) is 0.130. The fourth-order valence-electron chi connectivity index (χ4n) is 3.06. The third-order valence-electron chi connectivity index (χ3n) is 4.46. The van der Waals surface area contributed by atoms with Crippen LogP contribution in [0.25, 0.3) is 22.1 Å². The lowest BCUT2D eigenvalue weighted by Gasteiger charge is -2.02. The second-order valence-corrected chi connectivity index (χ2v) is 6.32. The Morgan fingerprint density at radius 3 is 2.25 bits per heavy atom. The first-order valence-corrected chi connectivity index (χ1v) is 8.41. The van der Waals surface area contributed by atoms with Crippen LogP contribution in [-0.2, 0) is 12.8 Å². The van der Waals surface area contributed by atoms with Crippen molar-refractivity contribution in [3.63, 3.8) is 0 Å². The quantitative estimate of drug-likeness (QED) is 0.437. The minimum atomic E-state index is 0.929. The second-order valence-electron chi connectivity index (χ2n) is 6.32. The Hall–Kier alpha value is -2.80. The lowest BCUT2D eigenvalue weighted by molar-refractivity contribution is 0.547. The third-order valence-corrected chi connectivity index (χ3v) is 4.46. The molecule has 24 heavy (non-hydrogen) atoms. The summed E-state index contributed by atoms with van der Waals surface area (Å²) in [6.07, 6.45) is 1.93. The Balaban J connectivity index is 1.58. The lowest BCUT2D eigenvalue weighted by atomic mass is 10.0. The lowest BCUT2D eigenvalue weighted by Crippen LogP contribution is -1.88. The van der Waals surface area contributed by atoms with Gasteiger partial charge in [0.15, 0.2) is 0 Å².